The highest BCUT2D eigenvalue weighted by molar-refractivity contribution is 7.20. The number of benzene rings is 1. The Labute approximate surface area is 152 Å². The lowest BCUT2D eigenvalue weighted by Gasteiger charge is -2.07. The number of anilines is 1. The number of thiophene rings is 1. The summed E-state index contributed by atoms with van der Waals surface area (Å²) in [6.45, 7) is 2.35. The van der Waals surface area contributed by atoms with E-state index in [1.807, 2.05) is 6.92 Å². The van der Waals surface area contributed by atoms with Crippen LogP contribution < -0.4 is 11.1 Å². The van der Waals surface area contributed by atoms with Gasteiger partial charge in [0, 0.05) is 17.5 Å². The zero-order valence-corrected chi connectivity index (χ0v) is 14.7. The number of hydrogen-bond acceptors (Lipinski definition) is 7. The number of nitrogens with one attached hydrogen (secondary N) is 1. The van der Waals surface area contributed by atoms with Crippen LogP contribution in [-0.4, -0.2) is 33.3 Å². The minimum Gasteiger partial charge on any atom is -0.410 e. The van der Waals surface area contributed by atoms with E-state index in [4.69, 9.17) is 17.3 Å². The topological polar surface area (TPSA) is 113 Å². The van der Waals surface area contributed by atoms with Crippen LogP contribution in [-0.2, 0) is 0 Å². The maximum absolute atomic E-state index is 12.1. The quantitative estimate of drug-likeness (QED) is 0.368. The molecule has 0 radical (unpaired) electrons. The molecule has 0 aliphatic heterocycles. The van der Waals surface area contributed by atoms with Crippen molar-refractivity contribution in [3.8, 4) is 0 Å². The molecule has 0 fully saturated rings. The Bertz CT molecular complexity index is 986. The number of amides is 1. The number of nitrogen functional groups attached to an aromatic ring is 1. The molecule has 2 aromatic heterocycles. The third kappa shape index (κ3) is 3.26. The Morgan fingerprint density at radius 2 is 2.16 bits per heavy atom. The lowest BCUT2D eigenvalue weighted by molar-refractivity contribution is 0.0960. The predicted octanol–water partition coefficient (Wildman–Crippen LogP) is 2.90. The number of halogens is 1. The Balaban J connectivity index is 2.21. The lowest BCUT2D eigenvalue weighted by atomic mass is 10.0. The number of rotatable bonds is 4. The summed E-state index contributed by atoms with van der Waals surface area (Å²) in [6, 6.07) is 8.57. The van der Waals surface area contributed by atoms with Crippen molar-refractivity contribution in [3.05, 3.63) is 51.5 Å². The maximum atomic E-state index is 12.1. The molecule has 0 atom stereocenters. The van der Waals surface area contributed by atoms with E-state index < -0.39 is 0 Å². The molecule has 1 aromatic carbocycles. The average molecular weight is 376 g/mol. The first-order chi connectivity index (χ1) is 12.0. The summed E-state index contributed by atoms with van der Waals surface area (Å²) in [5.74, 6) is -0.199. The van der Waals surface area contributed by atoms with Crippen molar-refractivity contribution in [2.24, 2.45) is 5.16 Å². The Kier molecular flexibility index (Phi) is 4.82. The number of oxime groups is 1. The summed E-state index contributed by atoms with van der Waals surface area (Å²) in [7, 11) is 0. The van der Waals surface area contributed by atoms with E-state index in [-0.39, 0.29) is 17.6 Å². The summed E-state index contributed by atoms with van der Waals surface area (Å²) in [6.07, 6.45) is 0. The van der Waals surface area contributed by atoms with Crippen LogP contribution in [0.3, 0.4) is 0 Å². The molecule has 0 bridgehead atoms. The Morgan fingerprint density at radius 3 is 2.84 bits per heavy atom. The Hall–Kier alpha value is -2.71. The molecule has 2 heterocycles. The molecule has 3 rings (SSSR count). The van der Waals surface area contributed by atoms with E-state index >= 15 is 0 Å². The van der Waals surface area contributed by atoms with Gasteiger partial charge in [-0.15, -0.1) is 11.3 Å². The van der Waals surface area contributed by atoms with Gasteiger partial charge in [0.05, 0.1) is 9.90 Å². The van der Waals surface area contributed by atoms with Crippen molar-refractivity contribution in [1.29, 1.82) is 0 Å². The first-order valence-electron chi connectivity index (χ1n) is 7.37. The van der Waals surface area contributed by atoms with Gasteiger partial charge in [0.25, 0.3) is 5.91 Å². The molecule has 0 aliphatic carbocycles. The molecule has 4 N–H and O–H groups in total. The number of nitrogens with zero attached hydrogens (tertiary/aromatic N) is 3. The molecular weight excluding hydrogens is 362 g/mol. The molecule has 1 amide bonds. The van der Waals surface area contributed by atoms with E-state index in [2.05, 4.69) is 20.4 Å². The molecule has 7 nitrogen and oxygen atoms in total. The van der Waals surface area contributed by atoms with Gasteiger partial charge in [-0.2, -0.15) is 0 Å². The van der Waals surface area contributed by atoms with Crippen LogP contribution in [0.1, 0.15) is 27.9 Å². The summed E-state index contributed by atoms with van der Waals surface area (Å²) in [4.78, 5) is 21.5. The number of carbonyl (C=O) groups is 1. The molecular formula is C16H14ClN5O2S. The summed E-state index contributed by atoms with van der Waals surface area (Å²) in [5.41, 5.74) is 6.76. The van der Waals surface area contributed by atoms with Crippen molar-refractivity contribution in [3.63, 3.8) is 0 Å². The fraction of sp³-hybridized carbons (Fsp3) is 0.125. The molecule has 3 aromatic rings. The number of nitrogens with two attached hydrogens (primary N) is 1. The second-order valence-electron chi connectivity index (χ2n) is 5.05. The normalized spacial score (nSPS) is 11.7. The third-order valence-corrected chi connectivity index (χ3v) is 4.78. The van der Waals surface area contributed by atoms with Crippen LogP contribution in [0.15, 0.2) is 35.5 Å². The summed E-state index contributed by atoms with van der Waals surface area (Å²) >= 11 is 7.40. The highest BCUT2D eigenvalue weighted by Crippen LogP contribution is 2.29. The highest BCUT2D eigenvalue weighted by atomic mass is 35.5. The van der Waals surface area contributed by atoms with E-state index in [0.29, 0.717) is 37.9 Å². The van der Waals surface area contributed by atoms with Crippen molar-refractivity contribution in [2.45, 2.75) is 6.92 Å². The van der Waals surface area contributed by atoms with Gasteiger partial charge >= 0.3 is 0 Å². The summed E-state index contributed by atoms with van der Waals surface area (Å²) in [5, 5.41) is 16.6. The van der Waals surface area contributed by atoms with Crippen molar-refractivity contribution in [1.82, 2.24) is 15.3 Å². The monoisotopic (exact) mass is 375 g/mol. The fourth-order valence-corrected chi connectivity index (χ4v) is 3.54. The van der Waals surface area contributed by atoms with Crippen LogP contribution in [0.25, 0.3) is 10.2 Å². The first-order valence-corrected chi connectivity index (χ1v) is 8.57. The maximum Gasteiger partial charge on any atom is 0.261 e. The first kappa shape index (κ1) is 17.1. The minimum atomic E-state index is -0.213. The molecule has 0 saturated carbocycles. The summed E-state index contributed by atoms with van der Waals surface area (Å²) < 4.78 is 0. The van der Waals surface area contributed by atoms with Gasteiger partial charge in [-0.25, -0.2) is 9.97 Å². The van der Waals surface area contributed by atoms with E-state index in [1.165, 1.54) is 11.3 Å². The van der Waals surface area contributed by atoms with Crippen LogP contribution in [0.5, 0.6) is 0 Å². The molecule has 128 valence electrons. The van der Waals surface area contributed by atoms with E-state index in [0.717, 1.165) is 0 Å². The molecule has 0 aliphatic rings. The van der Waals surface area contributed by atoms with Crippen molar-refractivity contribution in [2.75, 3.05) is 12.3 Å². The van der Waals surface area contributed by atoms with Crippen molar-refractivity contribution >= 4 is 50.7 Å². The molecule has 9 heteroatoms. The molecule has 0 saturated heterocycles. The lowest BCUT2D eigenvalue weighted by Crippen LogP contribution is -2.21. The van der Waals surface area contributed by atoms with Crippen LogP contribution in [0, 0.1) is 0 Å². The number of hydrogen-bond donors (Lipinski definition) is 3. The molecule has 0 spiro atoms. The number of carbonyl (C=O) groups excluding carboxylic acids is 1. The molecule has 25 heavy (non-hydrogen) atoms. The number of aromatic nitrogens is 2. The van der Waals surface area contributed by atoms with Gasteiger partial charge in [0.1, 0.15) is 16.2 Å². The second-order valence-corrected chi connectivity index (χ2v) is 6.49. The van der Waals surface area contributed by atoms with Gasteiger partial charge in [-0.1, -0.05) is 35.0 Å². The fourth-order valence-electron chi connectivity index (χ4n) is 2.36. The average Bonchev–Trinajstić information content (AvgIpc) is 3.01. The van der Waals surface area contributed by atoms with Gasteiger partial charge in [0.2, 0.25) is 5.95 Å². The van der Waals surface area contributed by atoms with Gasteiger partial charge in [-0.05, 0) is 19.1 Å². The standard InChI is InChI=1S/C16H14ClN5O2S/c1-2-19-14(23)11-7-9-12(20-16(18)21-15(9)25-11)13(22-24)8-5-3-4-6-10(8)17/h3-7,24H,2H2,1H3,(H,19,23)(H2,18,20,21). The SMILES string of the molecule is CCNC(=O)c1cc2c(C(=NO)c3ccccc3Cl)nc(N)nc2s1. The van der Waals surface area contributed by atoms with Gasteiger partial charge in [-0.3, -0.25) is 4.79 Å². The van der Waals surface area contributed by atoms with E-state index in [9.17, 15) is 10.0 Å². The predicted molar refractivity (Wildman–Crippen MR) is 98.7 cm³/mol. The van der Waals surface area contributed by atoms with Crippen LogP contribution in [0.4, 0.5) is 5.95 Å². The zero-order chi connectivity index (χ0) is 18.0. The third-order valence-electron chi connectivity index (χ3n) is 3.42. The highest BCUT2D eigenvalue weighted by Gasteiger charge is 2.21. The van der Waals surface area contributed by atoms with E-state index in [1.54, 1.807) is 30.3 Å². The smallest absolute Gasteiger partial charge is 0.261 e. The molecule has 0 unspecified atom stereocenters. The van der Waals surface area contributed by atoms with Crippen LogP contribution >= 0.6 is 22.9 Å². The Morgan fingerprint density at radius 1 is 1.40 bits per heavy atom. The van der Waals surface area contributed by atoms with Gasteiger partial charge < -0.3 is 16.3 Å². The largest absolute Gasteiger partial charge is 0.410 e. The van der Waals surface area contributed by atoms with Crippen LogP contribution in [0.2, 0.25) is 5.02 Å². The zero-order valence-electron chi connectivity index (χ0n) is 13.2. The second kappa shape index (κ2) is 7.04. The van der Waals surface area contributed by atoms with Gasteiger partial charge in [0.15, 0.2) is 0 Å². The number of fused-ring (bicyclic) bond motifs is 1. The van der Waals surface area contributed by atoms with Crippen molar-refractivity contribution < 1.29 is 10.0 Å². The minimum absolute atomic E-state index is 0.0139.